The maximum Gasteiger partial charge on any atom is 0.327 e. The van der Waals surface area contributed by atoms with Gasteiger partial charge >= 0.3 is 12.1 Å². The Morgan fingerprint density at radius 1 is 1.09 bits per heavy atom. The Morgan fingerprint density at radius 2 is 1.91 bits per heavy atom. The maximum absolute atomic E-state index is 14.2. The number of methoxy groups -OCH3 is 1. The number of nitrogens with zero attached hydrogens (tertiary/aromatic N) is 4. The van der Waals surface area contributed by atoms with Crippen molar-refractivity contribution >= 4 is 48.7 Å². The largest absolute Gasteiger partial charge is 0.497 e. The van der Waals surface area contributed by atoms with Crippen LogP contribution in [0.1, 0.15) is 21.7 Å². The number of benzene rings is 1. The highest BCUT2D eigenvalue weighted by Gasteiger charge is 2.57. The molecule has 2 saturated heterocycles. The lowest BCUT2D eigenvalue weighted by molar-refractivity contribution is -0.136. The summed E-state index contributed by atoms with van der Waals surface area (Å²) in [5, 5.41) is 6.17. The molecule has 0 spiro atoms. The van der Waals surface area contributed by atoms with Crippen molar-refractivity contribution in [2.24, 2.45) is 0 Å². The minimum atomic E-state index is -1.72. The van der Waals surface area contributed by atoms with E-state index in [0.29, 0.717) is 47.8 Å². The molecule has 2 N–H and O–H groups in total. The fraction of sp³-hybridized carbons (Fsp3) is 0.414. The highest BCUT2D eigenvalue weighted by molar-refractivity contribution is 6.76. The molecule has 0 saturated carbocycles. The number of imide groups is 1. The van der Waals surface area contributed by atoms with Gasteiger partial charge in [0.1, 0.15) is 24.1 Å². The van der Waals surface area contributed by atoms with Gasteiger partial charge in [-0.1, -0.05) is 25.7 Å². The lowest BCUT2D eigenvalue weighted by Gasteiger charge is -2.29. The van der Waals surface area contributed by atoms with Gasteiger partial charge in [0, 0.05) is 45.3 Å². The zero-order valence-corrected chi connectivity index (χ0v) is 25.6. The second kappa shape index (κ2) is 10.7. The van der Waals surface area contributed by atoms with Crippen LogP contribution in [0.4, 0.5) is 15.4 Å². The van der Waals surface area contributed by atoms with Crippen molar-refractivity contribution < 1.29 is 33.1 Å². The topological polar surface area (TPSA) is 147 Å². The first kappa shape index (κ1) is 28.7. The molecule has 5 heterocycles. The quantitative estimate of drug-likeness (QED) is 0.203. The summed E-state index contributed by atoms with van der Waals surface area (Å²) in [7, 11) is 0.138. The van der Waals surface area contributed by atoms with Crippen molar-refractivity contribution in [3.05, 3.63) is 53.4 Å². The molecule has 14 heteroatoms. The van der Waals surface area contributed by atoms with Crippen LogP contribution in [0.5, 0.6) is 5.75 Å². The van der Waals surface area contributed by atoms with Gasteiger partial charge in [0.25, 0.3) is 11.8 Å². The summed E-state index contributed by atoms with van der Waals surface area (Å²) in [5.74, 6) is 0.250. The summed E-state index contributed by atoms with van der Waals surface area (Å²) in [6, 6.07) is 8.59. The molecule has 1 atom stereocenters. The second-order valence-corrected chi connectivity index (χ2v) is 17.8. The van der Waals surface area contributed by atoms with E-state index in [1.807, 2.05) is 6.07 Å². The van der Waals surface area contributed by atoms with Gasteiger partial charge in [-0.25, -0.2) is 19.5 Å². The number of carbonyl (C=O) groups is 4. The van der Waals surface area contributed by atoms with Crippen LogP contribution < -0.4 is 20.3 Å². The minimum absolute atomic E-state index is 0.150. The fourth-order valence-electron chi connectivity index (χ4n) is 5.49. The van der Waals surface area contributed by atoms with E-state index >= 15 is 0 Å². The molecule has 3 aliphatic rings. The monoisotopic (exact) mass is 606 g/mol. The number of nitrogens with one attached hydrogen (secondary N) is 2. The van der Waals surface area contributed by atoms with Crippen LogP contribution in [0, 0.1) is 0 Å². The standard InChI is InChI=1S/C29H34N6O7Si/c1-40-20-6-5-18-15-33(25(36)21(18)13-20)16-29(26(37)35(28(39)32-29)17-41-9-10-43(2,3)4)23-11-19-12-24(31-14-22(19)42-23)34-8-7-30-27(34)38/h5-6,11-14H,7-10,15-17H2,1-4H3,(H,30,38)(H,32,39)/t29-/m0/s1. The molecular formula is C29H34N6O7Si. The minimum Gasteiger partial charge on any atom is -0.497 e. The number of fused-ring (bicyclic) bond motifs is 2. The average molecular weight is 607 g/mol. The number of amides is 6. The van der Waals surface area contributed by atoms with E-state index in [4.69, 9.17) is 13.9 Å². The normalized spacial score (nSPS) is 20.3. The van der Waals surface area contributed by atoms with Crippen LogP contribution in [0.25, 0.3) is 11.0 Å². The van der Waals surface area contributed by atoms with Crippen molar-refractivity contribution in [1.82, 2.24) is 25.4 Å². The van der Waals surface area contributed by atoms with Crippen molar-refractivity contribution in [3.63, 3.8) is 0 Å². The highest BCUT2D eigenvalue weighted by Crippen LogP contribution is 2.37. The van der Waals surface area contributed by atoms with Gasteiger partial charge in [0.2, 0.25) is 0 Å². The zero-order chi connectivity index (χ0) is 30.5. The number of anilines is 1. The number of carbonyl (C=O) groups excluding carboxylic acids is 4. The molecule has 0 bridgehead atoms. The van der Waals surface area contributed by atoms with Crippen LogP contribution >= 0.6 is 0 Å². The molecule has 1 aromatic carbocycles. The third-order valence-electron chi connectivity index (χ3n) is 7.96. The van der Waals surface area contributed by atoms with Crippen molar-refractivity contribution in [2.75, 3.05) is 45.0 Å². The van der Waals surface area contributed by atoms with Gasteiger partial charge in [-0.15, -0.1) is 0 Å². The molecule has 13 nitrogen and oxygen atoms in total. The van der Waals surface area contributed by atoms with Crippen LogP contribution in [0.3, 0.4) is 0 Å². The van der Waals surface area contributed by atoms with Crippen LogP contribution in [0.15, 0.2) is 40.9 Å². The maximum atomic E-state index is 14.2. The summed E-state index contributed by atoms with van der Waals surface area (Å²) in [5.41, 5.74) is -0.0947. The second-order valence-electron chi connectivity index (χ2n) is 12.2. The molecule has 6 amide bonds. The molecule has 3 aromatic rings. The van der Waals surface area contributed by atoms with E-state index in [2.05, 4.69) is 35.3 Å². The van der Waals surface area contributed by atoms with E-state index in [0.717, 1.165) is 16.5 Å². The van der Waals surface area contributed by atoms with Gasteiger partial charge in [0.15, 0.2) is 11.1 Å². The molecule has 3 aliphatic heterocycles. The molecule has 2 aromatic heterocycles. The molecule has 43 heavy (non-hydrogen) atoms. The lowest BCUT2D eigenvalue weighted by Crippen LogP contribution is -2.52. The first-order chi connectivity index (χ1) is 20.5. The smallest absolute Gasteiger partial charge is 0.327 e. The van der Waals surface area contributed by atoms with Gasteiger partial charge in [0.05, 0.1) is 19.9 Å². The zero-order valence-electron chi connectivity index (χ0n) is 24.6. The molecular weight excluding hydrogens is 572 g/mol. The van der Waals surface area contributed by atoms with E-state index in [-0.39, 0.29) is 37.5 Å². The fourth-order valence-corrected chi connectivity index (χ4v) is 6.25. The average Bonchev–Trinajstić information content (AvgIpc) is 3.72. The van der Waals surface area contributed by atoms with E-state index < -0.39 is 25.6 Å². The third kappa shape index (κ3) is 5.20. The summed E-state index contributed by atoms with van der Waals surface area (Å²) >= 11 is 0. The lowest BCUT2D eigenvalue weighted by atomic mass is 9.95. The molecule has 0 aliphatic carbocycles. The van der Waals surface area contributed by atoms with E-state index in [1.54, 1.807) is 24.3 Å². The van der Waals surface area contributed by atoms with Crippen LogP contribution in [-0.2, 0) is 21.6 Å². The van der Waals surface area contributed by atoms with Gasteiger partial charge in [-0.2, -0.15) is 0 Å². The van der Waals surface area contributed by atoms with Gasteiger partial charge in [-0.3, -0.25) is 14.5 Å². The number of hydrogen-bond acceptors (Lipinski definition) is 8. The Bertz CT molecular complexity index is 1630. The van der Waals surface area contributed by atoms with Crippen LogP contribution in [0.2, 0.25) is 25.7 Å². The number of hydrogen-bond donors (Lipinski definition) is 2. The summed E-state index contributed by atoms with van der Waals surface area (Å²) in [6.45, 7) is 7.89. The Morgan fingerprint density at radius 3 is 2.63 bits per heavy atom. The van der Waals surface area contributed by atoms with Gasteiger partial charge in [-0.05, 0) is 35.9 Å². The first-order valence-electron chi connectivity index (χ1n) is 14.1. The number of urea groups is 2. The summed E-state index contributed by atoms with van der Waals surface area (Å²) < 4.78 is 17.2. The highest BCUT2D eigenvalue weighted by atomic mass is 28.3. The molecule has 0 unspecified atom stereocenters. The first-order valence-corrected chi connectivity index (χ1v) is 17.8. The number of pyridine rings is 1. The molecule has 0 radical (unpaired) electrons. The Hall–Kier alpha value is -4.43. The number of furan rings is 1. The molecule has 226 valence electrons. The third-order valence-corrected chi connectivity index (χ3v) is 9.66. The number of aromatic nitrogens is 1. The Kier molecular flexibility index (Phi) is 7.13. The van der Waals surface area contributed by atoms with Crippen molar-refractivity contribution in [1.29, 1.82) is 0 Å². The van der Waals surface area contributed by atoms with Crippen molar-refractivity contribution in [2.45, 2.75) is 37.8 Å². The molecule has 6 rings (SSSR count). The van der Waals surface area contributed by atoms with E-state index in [9.17, 15) is 19.2 Å². The number of ether oxygens (including phenoxy) is 2. The number of rotatable bonds is 10. The summed E-state index contributed by atoms with van der Waals surface area (Å²) in [4.78, 5) is 61.6. The summed E-state index contributed by atoms with van der Waals surface area (Å²) in [6.07, 6.45) is 1.48. The van der Waals surface area contributed by atoms with Gasteiger partial charge < -0.3 is 29.4 Å². The predicted octanol–water partition coefficient (Wildman–Crippen LogP) is 3.08. The van der Waals surface area contributed by atoms with Crippen molar-refractivity contribution in [3.8, 4) is 5.75 Å². The Labute approximate surface area is 249 Å². The SMILES string of the molecule is COc1ccc2c(c1)C(=O)N(C[C@@]1(c3cc4cc(N5CCNC5=O)ncc4o3)NC(=O)N(COCC[Si](C)(C)C)C1=O)C2. The predicted molar refractivity (Wildman–Crippen MR) is 159 cm³/mol. The Balaban J connectivity index is 1.34. The van der Waals surface area contributed by atoms with E-state index in [1.165, 1.54) is 23.1 Å². The van der Waals surface area contributed by atoms with Crippen LogP contribution in [-0.4, -0.2) is 86.8 Å². The molecule has 2 fully saturated rings.